The van der Waals surface area contributed by atoms with Gasteiger partial charge in [-0.15, -0.1) is 0 Å². The molecule has 1 N–H and O–H groups in total. The molecule has 0 heterocycles. The summed E-state index contributed by atoms with van der Waals surface area (Å²) in [6, 6.07) is 6.00. The lowest BCUT2D eigenvalue weighted by Crippen LogP contribution is -2.02. The molecule has 16 heavy (non-hydrogen) atoms. The van der Waals surface area contributed by atoms with Crippen molar-refractivity contribution >= 4 is 17.3 Å². The van der Waals surface area contributed by atoms with E-state index in [2.05, 4.69) is 25.2 Å². The van der Waals surface area contributed by atoms with Crippen LogP contribution in [0.2, 0.25) is 5.02 Å². The Morgan fingerprint density at radius 3 is 2.56 bits per heavy atom. The van der Waals surface area contributed by atoms with Gasteiger partial charge in [-0.1, -0.05) is 44.2 Å². The van der Waals surface area contributed by atoms with Gasteiger partial charge in [0.25, 0.3) is 0 Å². The van der Waals surface area contributed by atoms with Crippen LogP contribution in [0.4, 0.5) is 5.69 Å². The maximum absolute atomic E-state index is 5.91. The molecule has 1 nitrogen and oxygen atoms in total. The highest BCUT2D eigenvalue weighted by molar-refractivity contribution is 6.30. The van der Waals surface area contributed by atoms with Gasteiger partial charge in [-0.3, -0.25) is 0 Å². The van der Waals surface area contributed by atoms with E-state index in [-0.39, 0.29) is 0 Å². The van der Waals surface area contributed by atoms with Gasteiger partial charge in [0.1, 0.15) is 0 Å². The molecule has 90 valence electrons. The number of halogens is 1. The molecule has 0 fully saturated rings. The standard InChI is InChI=1S/C14H22ClN/c1-3-4-5-6-7-10-16-14-9-8-13(15)11-12(14)2/h8-9,11,16H,3-7,10H2,1-2H3. The third kappa shape index (κ3) is 4.89. The lowest BCUT2D eigenvalue weighted by atomic mass is 10.1. The second-order valence-electron chi connectivity index (χ2n) is 4.30. The van der Waals surface area contributed by atoms with Crippen LogP contribution in [0.15, 0.2) is 18.2 Å². The molecule has 1 aromatic rings. The summed E-state index contributed by atoms with van der Waals surface area (Å²) >= 11 is 5.91. The van der Waals surface area contributed by atoms with Crippen LogP contribution >= 0.6 is 11.6 Å². The Morgan fingerprint density at radius 1 is 1.12 bits per heavy atom. The van der Waals surface area contributed by atoms with Gasteiger partial charge in [-0.05, 0) is 37.1 Å². The van der Waals surface area contributed by atoms with Crippen molar-refractivity contribution in [2.45, 2.75) is 46.0 Å². The van der Waals surface area contributed by atoms with E-state index < -0.39 is 0 Å². The largest absolute Gasteiger partial charge is 0.385 e. The highest BCUT2D eigenvalue weighted by Crippen LogP contribution is 2.19. The Hall–Kier alpha value is -0.690. The third-order valence-corrected chi connectivity index (χ3v) is 3.02. The summed E-state index contributed by atoms with van der Waals surface area (Å²) < 4.78 is 0. The average molecular weight is 240 g/mol. The number of rotatable bonds is 7. The van der Waals surface area contributed by atoms with E-state index >= 15 is 0 Å². The molecule has 0 bridgehead atoms. The summed E-state index contributed by atoms with van der Waals surface area (Å²) in [4.78, 5) is 0. The van der Waals surface area contributed by atoms with E-state index in [4.69, 9.17) is 11.6 Å². The van der Waals surface area contributed by atoms with Gasteiger partial charge in [0, 0.05) is 17.3 Å². The summed E-state index contributed by atoms with van der Waals surface area (Å²) in [5.41, 5.74) is 2.43. The highest BCUT2D eigenvalue weighted by Gasteiger charge is 1.97. The Balaban J connectivity index is 2.21. The molecule has 0 amide bonds. The predicted octanol–water partition coefficient (Wildman–Crippen LogP) is 5.03. The zero-order valence-electron chi connectivity index (χ0n) is 10.4. The molecular weight excluding hydrogens is 218 g/mol. The predicted molar refractivity (Wildman–Crippen MR) is 73.4 cm³/mol. The molecule has 0 radical (unpaired) electrons. The molecule has 0 aliphatic rings. The minimum Gasteiger partial charge on any atom is -0.385 e. The fraction of sp³-hybridized carbons (Fsp3) is 0.571. The van der Waals surface area contributed by atoms with Gasteiger partial charge in [0.2, 0.25) is 0 Å². The van der Waals surface area contributed by atoms with E-state index in [1.807, 2.05) is 12.1 Å². The van der Waals surface area contributed by atoms with E-state index in [0.717, 1.165) is 11.6 Å². The number of hydrogen-bond donors (Lipinski definition) is 1. The smallest absolute Gasteiger partial charge is 0.0410 e. The van der Waals surface area contributed by atoms with Crippen LogP contribution < -0.4 is 5.32 Å². The van der Waals surface area contributed by atoms with Gasteiger partial charge >= 0.3 is 0 Å². The zero-order chi connectivity index (χ0) is 11.8. The van der Waals surface area contributed by atoms with Crippen LogP contribution in [-0.2, 0) is 0 Å². The van der Waals surface area contributed by atoms with Crippen molar-refractivity contribution in [2.24, 2.45) is 0 Å². The maximum Gasteiger partial charge on any atom is 0.0410 e. The van der Waals surface area contributed by atoms with Crippen LogP contribution in [0, 0.1) is 6.92 Å². The van der Waals surface area contributed by atoms with Crippen molar-refractivity contribution in [2.75, 3.05) is 11.9 Å². The first kappa shape index (κ1) is 13.4. The summed E-state index contributed by atoms with van der Waals surface area (Å²) in [6.45, 7) is 5.40. The van der Waals surface area contributed by atoms with Crippen molar-refractivity contribution in [3.8, 4) is 0 Å². The molecule has 0 saturated heterocycles. The van der Waals surface area contributed by atoms with E-state index in [9.17, 15) is 0 Å². The molecule has 0 spiro atoms. The zero-order valence-corrected chi connectivity index (χ0v) is 11.1. The van der Waals surface area contributed by atoms with Gasteiger partial charge < -0.3 is 5.32 Å². The summed E-state index contributed by atoms with van der Waals surface area (Å²) in [7, 11) is 0. The number of hydrogen-bond acceptors (Lipinski definition) is 1. The van der Waals surface area contributed by atoms with Crippen LogP contribution in [-0.4, -0.2) is 6.54 Å². The van der Waals surface area contributed by atoms with Crippen LogP contribution in [0.5, 0.6) is 0 Å². The Labute approximate surface area is 104 Å². The number of aryl methyl sites for hydroxylation is 1. The number of unbranched alkanes of at least 4 members (excludes halogenated alkanes) is 4. The fourth-order valence-corrected chi connectivity index (χ4v) is 2.00. The van der Waals surface area contributed by atoms with E-state index in [1.165, 1.54) is 43.4 Å². The Morgan fingerprint density at radius 2 is 1.88 bits per heavy atom. The van der Waals surface area contributed by atoms with Crippen molar-refractivity contribution in [1.82, 2.24) is 0 Å². The highest BCUT2D eigenvalue weighted by atomic mass is 35.5. The quantitative estimate of drug-likeness (QED) is 0.658. The number of benzene rings is 1. The SMILES string of the molecule is CCCCCCCNc1ccc(Cl)cc1C. The first-order valence-electron chi connectivity index (χ1n) is 6.24. The average Bonchev–Trinajstić information content (AvgIpc) is 2.26. The molecule has 0 unspecified atom stereocenters. The first-order chi connectivity index (χ1) is 7.74. The lowest BCUT2D eigenvalue weighted by molar-refractivity contribution is 0.645. The van der Waals surface area contributed by atoms with Crippen LogP contribution in [0.25, 0.3) is 0 Å². The Kier molecular flexibility index (Phi) is 6.32. The first-order valence-corrected chi connectivity index (χ1v) is 6.62. The maximum atomic E-state index is 5.91. The van der Waals surface area contributed by atoms with Crippen LogP contribution in [0.1, 0.15) is 44.6 Å². The van der Waals surface area contributed by atoms with Crippen LogP contribution in [0.3, 0.4) is 0 Å². The summed E-state index contributed by atoms with van der Waals surface area (Å²) in [5, 5.41) is 4.27. The minimum absolute atomic E-state index is 0.811. The normalized spacial score (nSPS) is 10.4. The van der Waals surface area contributed by atoms with Crippen molar-refractivity contribution in [1.29, 1.82) is 0 Å². The third-order valence-electron chi connectivity index (χ3n) is 2.78. The molecular formula is C14H22ClN. The Bertz CT molecular complexity index is 310. The number of anilines is 1. The molecule has 2 heteroatoms. The van der Waals surface area contributed by atoms with Crippen molar-refractivity contribution in [3.05, 3.63) is 28.8 Å². The van der Waals surface area contributed by atoms with Gasteiger partial charge in [-0.25, -0.2) is 0 Å². The summed E-state index contributed by atoms with van der Waals surface area (Å²) in [5.74, 6) is 0. The second-order valence-corrected chi connectivity index (χ2v) is 4.74. The van der Waals surface area contributed by atoms with E-state index in [0.29, 0.717) is 0 Å². The molecule has 0 aliphatic carbocycles. The molecule has 0 aromatic heterocycles. The van der Waals surface area contributed by atoms with Gasteiger partial charge in [-0.2, -0.15) is 0 Å². The molecule has 1 rings (SSSR count). The number of nitrogens with one attached hydrogen (secondary N) is 1. The van der Waals surface area contributed by atoms with Gasteiger partial charge in [0.05, 0.1) is 0 Å². The molecule has 0 aliphatic heterocycles. The molecule has 1 aromatic carbocycles. The molecule has 0 saturated carbocycles. The second kappa shape index (κ2) is 7.56. The lowest BCUT2D eigenvalue weighted by Gasteiger charge is -2.09. The monoisotopic (exact) mass is 239 g/mol. The molecule has 0 atom stereocenters. The van der Waals surface area contributed by atoms with E-state index in [1.54, 1.807) is 0 Å². The minimum atomic E-state index is 0.811. The van der Waals surface area contributed by atoms with Crippen molar-refractivity contribution in [3.63, 3.8) is 0 Å². The summed E-state index contributed by atoms with van der Waals surface area (Å²) in [6.07, 6.45) is 6.61. The topological polar surface area (TPSA) is 12.0 Å². The van der Waals surface area contributed by atoms with Crippen molar-refractivity contribution < 1.29 is 0 Å². The van der Waals surface area contributed by atoms with Gasteiger partial charge in [0.15, 0.2) is 0 Å². The fourth-order valence-electron chi connectivity index (χ4n) is 1.78.